The molecule has 2 aliphatic rings. The number of benzene rings is 2. The predicted octanol–water partition coefficient (Wildman–Crippen LogP) is 4.39. The van der Waals surface area contributed by atoms with Crippen LogP contribution in [0.3, 0.4) is 0 Å². The minimum atomic E-state index is -0.800. The van der Waals surface area contributed by atoms with E-state index in [1.165, 1.54) is 7.11 Å². The topological polar surface area (TPSA) is 107 Å². The maximum Gasteiger partial charge on any atom is 0.328 e. The number of likely N-dealkylation sites (tertiary alicyclic amines) is 2. The molecule has 2 aromatic rings. The van der Waals surface area contributed by atoms with Gasteiger partial charge < -0.3 is 24.7 Å². The van der Waals surface area contributed by atoms with Crippen molar-refractivity contribution in [3.8, 4) is 11.8 Å². The number of hydrogen-bond donors (Lipinski definition) is 2. The van der Waals surface area contributed by atoms with E-state index in [0.717, 1.165) is 24.0 Å². The van der Waals surface area contributed by atoms with Crippen LogP contribution >= 0.6 is 0 Å². The maximum atomic E-state index is 13.1. The summed E-state index contributed by atoms with van der Waals surface area (Å²) in [5.41, 5.74) is 2.05. The molecule has 0 bridgehead atoms. The standard InChI is InChI=1S/C38H46N2O6/c1-46-38(45)35(40-32(18-12-21-37(40)44)23-25-34(42)28-30-15-7-3-8-16-30)19-9-4-10-26-39-31(17-11-20-36(39)43)22-24-33(41)27-29-13-5-2-6-14-29/h2-3,5-8,13-16,22-25,31-35,41-42H,9,11-12,17-21,26-28H2,1H3/t31-,32-,33?,34?,35?/m1/s1. The third kappa shape index (κ3) is 10.4. The zero-order chi connectivity index (χ0) is 32.7. The predicted molar refractivity (Wildman–Crippen MR) is 177 cm³/mol. The molecular formula is C38H46N2O6. The molecule has 2 saturated heterocycles. The third-order valence-corrected chi connectivity index (χ3v) is 8.56. The number of ether oxygens (including phenoxy) is 1. The second kappa shape index (κ2) is 18.1. The van der Waals surface area contributed by atoms with Gasteiger partial charge in [-0.15, -0.1) is 5.92 Å². The van der Waals surface area contributed by atoms with E-state index in [1.54, 1.807) is 22.0 Å². The third-order valence-electron chi connectivity index (χ3n) is 8.56. The number of nitrogens with zero attached hydrogens (tertiary/aromatic N) is 2. The first kappa shape index (κ1) is 34.7. The molecular weight excluding hydrogens is 580 g/mol. The molecule has 2 aliphatic heterocycles. The number of carbonyl (C=O) groups excluding carboxylic acids is 3. The minimum Gasteiger partial charge on any atom is -0.467 e. The normalized spacial score (nSPS) is 20.8. The second-order valence-electron chi connectivity index (χ2n) is 12.0. The summed E-state index contributed by atoms with van der Waals surface area (Å²) in [5.74, 6) is 5.62. The van der Waals surface area contributed by atoms with Crippen LogP contribution < -0.4 is 0 Å². The molecule has 2 amide bonds. The molecule has 0 saturated carbocycles. The summed E-state index contributed by atoms with van der Waals surface area (Å²) in [5, 5.41) is 21.1. The zero-order valence-electron chi connectivity index (χ0n) is 26.7. The number of amides is 2. The van der Waals surface area contributed by atoms with E-state index in [1.807, 2.05) is 72.8 Å². The van der Waals surface area contributed by atoms with Crippen LogP contribution in [0.4, 0.5) is 0 Å². The van der Waals surface area contributed by atoms with Gasteiger partial charge >= 0.3 is 5.97 Å². The lowest BCUT2D eigenvalue weighted by Crippen LogP contribution is -2.52. The Bertz CT molecular complexity index is 1400. The van der Waals surface area contributed by atoms with E-state index in [2.05, 4.69) is 11.8 Å². The second-order valence-corrected chi connectivity index (χ2v) is 12.0. The minimum absolute atomic E-state index is 0.0307. The molecule has 0 spiro atoms. The van der Waals surface area contributed by atoms with Crippen molar-refractivity contribution in [3.05, 3.63) is 96.1 Å². The van der Waals surface area contributed by atoms with E-state index in [9.17, 15) is 24.6 Å². The van der Waals surface area contributed by atoms with E-state index in [4.69, 9.17) is 4.74 Å². The van der Waals surface area contributed by atoms with Gasteiger partial charge in [-0.05, 0) is 43.2 Å². The molecule has 0 aromatic heterocycles. The molecule has 46 heavy (non-hydrogen) atoms. The number of rotatable bonds is 13. The number of esters is 1. The molecule has 2 heterocycles. The van der Waals surface area contributed by atoms with E-state index < -0.39 is 24.2 Å². The smallest absolute Gasteiger partial charge is 0.328 e. The number of aliphatic hydroxyl groups excluding tert-OH is 2. The molecule has 2 fully saturated rings. The van der Waals surface area contributed by atoms with Crippen LogP contribution in [0.15, 0.2) is 85.0 Å². The fraction of sp³-hybridized carbons (Fsp3) is 0.447. The van der Waals surface area contributed by atoms with Crippen molar-refractivity contribution >= 4 is 17.8 Å². The Kier molecular flexibility index (Phi) is 13.6. The quantitative estimate of drug-likeness (QED) is 0.194. The van der Waals surface area contributed by atoms with Crippen molar-refractivity contribution in [1.82, 2.24) is 9.80 Å². The molecule has 8 nitrogen and oxygen atoms in total. The SMILES string of the molecule is COC(=O)C(CCC#CCN1C(=O)CCC[C@@H]1C=CC(O)Cc1ccccc1)N1C(=O)CCC[C@@H]1C=CC(O)Cc1ccccc1. The average Bonchev–Trinajstić information content (AvgIpc) is 3.06. The fourth-order valence-electron chi connectivity index (χ4n) is 6.17. The van der Waals surface area contributed by atoms with Gasteiger partial charge in [0.2, 0.25) is 11.8 Å². The van der Waals surface area contributed by atoms with Crippen LogP contribution in [0.1, 0.15) is 62.5 Å². The van der Waals surface area contributed by atoms with E-state index in [0.29, 0.717) is 51.4 Å². The van der Waals surface area contributed by atoms with Gasteiger partial charge in [0.25, 0.3) is 0 Å². The molecule has 5 atom stereocenters. The Morgan fingerprint density at radius 3 is 1.98 bits per heavy atom. The lowest BCUT2D eigenvalue weighted by Gasteiger charge is -2.38. The van der Waals surface area contributed by atoms with Crippen molar-refractivity contribution in [2.24, 2.45) is 0 Å². The lowest BCUT2D eigenvalue weighted by atomic mass is 9.96. The molecule has 8 heteroatoms. The largest absolute Gasteiger partial charge is 0.467 e. The highest BCUT2D eigenvalue weighted by Crippen LogP contribution is 2.25. The first-order valence-corrected chi connectivity index (χ1v) is 16.3. The van der Waals surface area contributed by atoms with Gasteiger partial charge in [0.05, 0.1) is 37.9 Å². The van der Waals surface area contributed by atoms with Crippen LogP contribution in [0.2, 0.25) is 0 Å². The van der Waals surface area contributed by atoms with Gasteiger partial charge in [0.15, 0.2) is 0 Å². The lowest BCUT2D eigenvalue weighted by molar-refractivity contribution is -0.156. The summed E-state index contributed by atoms with van der Waals surface area (Å²) in [6.45, 7) is 0.249. The van der Waals surface area contributed by atoms with Crippen LogP contribution in [0.25, 0.3) is 0 Å². The Balaban J connectivity index is 1.36. The summed E-state index contributed by atoms with van der Waals surface area (Å²) in [4.78, 5) is 42.1. The van der Waals surface area contributed by atoms with Crippen molar-refractivity contribution in [2.45, 2.75) is 94.5 Å². The monoisotopic (exact) mass is 626 g/mol. The molecule has 4 rings (SSSR count). The van der Waals surface area contributed by atoms with Gasteiger partial charge in [-0.2, -0.15) is 0 Å². The molecule has 3 unspecified atom stereocenters. The van der Waals surface area contributed by atoms with Crippen molar-refractivity contribution in [3.63, 3.8) is 0 Å². The summed E-state index contributed by atoms with van der Waals surface area (Å²) in [7, 11) is 1.32. The molecule has 0 aliphatic carbocycles. The van der Waals surface area contributed by atoms with Crippen LogP contribution in [0, 0.1) is 11.8 Å². The Morgan fingerprint density at radius 1 is 0.848 bits per heavy atom. The molecule has 0 radical (unpaired) electrons. The summed E-state index contributed by atoms with van der Waals surface area (Å²) >= 11 is 0. The number of piperidine rings is 2. The molecule has 2 N–H and O–H groups in total. The number of carbonyl (C=O) groups is 3. The maximum absolute atomic E-state index is 13.1. The van der Waals surface area contributed by atoms with Crippen LogP contribution in [-0.2, 0) is 32.0 Å². The van der Waals surface area contributed by atoms with Crippen molar-refractivity contribution < 1.29 is 29.3 Å². The van der Waals surface area contributed by atoms with E-state index >= 15 is 0 Å². The van der Waals surface area contributed by atoms with Crippen molar-refractivity contribution in [2.75, 3.05) is 13.7 Å². The number of methoxy groups -OCH3 is 1. The first-order valence-electron chi connectivity index (χ1n) is 16.3. The van der Waals surface area contributed by atoms with Gasteiger partial charge in [-0.1, -0.05) is 90.9 Å². The summed E-state index contributed by atoms with van der Waals surface area (Å²) in [6, 6.07) is 18.2. The first-order chi connectivity index (χ1) is 22.4. The van der Waals surface area contributed by atoms with Gasteiger partial charge in [-0.25, -0.2) is 4.79 Å². The van der Waals surface area contributed by atoms with Gasteiger partial charge in [0.1, 0.15) is 6.04 Å². The highest BCUT2D eigenvalue weighted by atomic mass is 16.5. The fourth-order valence-corrected chi connectivity index (χ4v) is 6.17. The highest BCUT2D eigenvalue weighted by Gasteiger charge is 2.36. The van der Waals surface area contributed by atoms with Gasteiger partial charge in [0, 0.05) is 32.1 Å². The highest BCUT2D eigenvalue weighted by molar-refractivity contribution is 5.85. The number of hydrogen-bond acceptors (Lipinski definition) is 6. The average molecular weight is 627 g/mol. The van der Waals surface area contributed by atoms with Crippen molar-refractivity contribution in [1.29, 1.82) is 0 Å². The van der Waals surface area contributed by atoms with E-state index in [-0.39, 0.29) is 30.4 Å². The van der Waals surface area contributed by atoms with Crippen LogP contribution in [0.5, 0.6) is 0 Å². The Morgan fingerprint density at radius 2 is 1.39 bits per heavy atom. The Labute approximate surface area is 272 Å². The van der Waals surface area contributed by atoms with Gasteiger partial charge in [-0.3, -0.25) is 9.59 Å². The molecule has 2 aromatic carbocycles. The summed E-state index contributed by atoms with van der Waals surface area (Å²) in [6.07, 6.45) is 11.2. The Hall–Kier alpha value is -4.19. The zero-order valence-corrected chi connectivity index (χ0v) is 26.7. The van der Waals surface area contributed by atoms with Crippen LogP contribution in [-0.4, -0.2) is 81.8 Å². The summed E-state index contributed by atoms with van der Waals surface area (Å²) < 4.78 is 5.10. The number of aliphatic hydroxyl groups is 2. The molecule has 244 valence electrons.